The van der Waals surface area contributed by atoms with Gasteiger partial charge in [0.1, 0.15) is 0 Å². The molecule has 0 aliphatic carbocycles. The fraction of sp³-hybridized carbons (Fsp3) is 0.190. The molecule has 1 aliphatic rings. The Kier molecular flexibility index (Phi) is 5.25. The van der Waals surface area contributed by atoms with Crippen molar-refractivity contribution in [3.63, 3.8) is 0 Å². The minimum absolute atomic E-state index is 0.0584. The van der Waals surface area contributed by atoms with Crippen LogP contribution in [0.1, 0.15) is 23.6 Å². The lowest BCUT2D eigenvalue weighted by molar-refractivity contribution is -0.148. The van der Waals surface area contributed by atoms with E-state index in [-0.39, 0.29) is 6.04 Å². The van der Waals surface area contributed by atoms with Gasteiger partial charge >= 0.3 is 11.8 Å². The highest BCUT2D eigenvalue weighted by Crippen LogP contribution is 2.34. The van der Waals surface area contributed by atoms with E-state index in [0.717, 1.165) is 22.0 Å². The molecule has 1 N–H and O–H groups in total. The molecule has 1 unspecified atom stereocenters. The van der Waals surface area contributed by atoms with Crippen LogP contribution < -0.4 is 5.32 Å². The van der Waals surface area contributed by atoms with Crippen molar-refractivity contribution < 1.29 is 9.59 Å². The lowest BCUT2D eigenvalue weighted by atomic mass is 9.94. The van der Waals surface area contributed by atoms with Gasteiger partial charge in [0.15, 0.2) is 0 Å². The fourth-order valence-electron chi connectivity index (χ4n) is 3.35. The molecule has 28 heavy (non-hydrogen) atoms. The number of hydrogen-bond acceptors (Lipinski definition) is 3. The number of para-hydroxylation sites is 1. The Morgan fingerprint density at radius 3 is 2.75 bits per heavy atom. The van der Waals surface area contributed by atoms with E-state index in [0.29, 0.717) is 18.8 Å². The second-order valence-corrected chi connectivity index (χ2v) is 7.62. The van der Waals surface area contributed by atoms with Gasteiger partial charge in [-0.2, -0.15) is 0 Å². The standard InChI is InChI=1S/C21H19BrN4O2/c22-17-6-3-5-15(12-17)19-8-10-26(19)21(28)20(27)24-18-7-2-1-4-16(18)13-25-11-9-23-14-25/h1-7,9,11-12,14,19H,8,10,13H2,(H,24,27). The molecule has 142 valence electrons. The third-order valence-electron chi connectivity index (χ3n) is 4.89. The first-order chi connectivity index (χ1) is 13.6. The van der Waals surface area contributed by atoms with Crippen molar-refractivity contribution in [1.29, 1.82) is 0 Å². The number of hydrogen-bond donors (Lipinski definition) is 1. The molecule has 2 amide bonds. The van der Waals surface area contributed by atoms with Crippen LogP contribution in [0.4, 0.5) is 5.69 Å². The Morgan fingerprint density at radius 2 is 2.04 bits per heavy atom. The van der Waals surface area contributed by atoms with Gasteiger partial charge in [-0.05, 0) is 35.7 Å². The number of anilines is 1. The van der Waals surface area contributed by atoms with Crippen LogP contribution in [0.3, 0.4) is 0 Å². The van der Waals surface area contributed by atoms with Gasteiger partial charge in [-0.3, -0.25) is 9.59 Å². The van der Waals surface area contributed by atoms with Crippen LogP contribution >= 0.6 is 15.9 Å². The number of imidazole rings is 1. The summed E-state index contributed by atoms with van der Waals surface area (Å²) >= 11 is 3.46. The smallest absolute Gasteiger partial charge is 0.313 e. The van der Waals surface area contributed by atoms with Crippen LogP contribution in [-0.2, 0) is 16.1 Å². The lowest BCUT2D eigenvalue weighted by Crippen LogP contribution is -2.49. The highest BCUT2D eigenvalue weighted by Gasteiger charge is 2.36. The van der Waals surface area contributed by atoms with E-state index in [2.05, 4.69) is 26.2 Å². The van der Waals surface area contributed by atoms with Crippen LogP contribution in [0.15, 0.2) is 71.7 Å². The Hall–Kier alpha value is -2.93. The maximum atomic E-state index is 12.7. The summed E-state index contributed by atoms with van der Waals surface area (Å²) in [5, 5.41) is 2.78. The second-order valence-electron chi connectivity index (χ2n) is 6.70. The zero-order chi connectivity index (χ0) is 19.5. The summed E-state index contributed by atoms with van der Waals surface area (Å²) in [4.78, 5) is 31.0. The predicted octanol–water partition coefficient (Wildman–Crippen LogP) is 3.61. The number of halogens is 1. The van der Waals surface area contributed by atoms with E-state index in [9.17, 15) is 9.59 Å². The molecule has 6 nitrogen and oxygen atoms in total. The number of nitrogens with zero attached hydrogens (tertiary/aromatic N) is 3. The van der Waals surface area contributed by atoms with Crippen LogP contribution in [0.5, 0.6) is 0 Å². The third-order valence-corrected chi connectivity index (χ3v) is 5.38. The van der Waals surface area contributed by atoms with Crippen LogP contribution in [0.25, 0.3) is 0 Å². The monoisotopic (exact) mass is 438 g/mol. The molecular weight excluding hydrogens is 420 g/mol. The van der Waals surface area contributed by atoms with Crippen molar-refractivity contribution in [2.24, 2.45) is 0 Å². The molecule has 0 radical (unpaired) electrons. The molecule has 2 heterocycles. The predicted molar refractivity (Wildman–Crippen MR) is 110 cm³/mol. The van der Waals surface area contributed by atoms with Gasteiger partial charge in [-0.1, -0.05) is 46.3 Å². The molecule has 0 spiro atoms. The van der Waals surface area contributed by atoms with Crippen molar-refractivity contribution >= 4 is 33.4 Å². The molecule has 4 rings (SSSR count). The molecular formula is C21H19BrN4O2. The topological polar surface area (TPSA) is 67.2 Å². The number of carbonyl (C=O) groups excluding carboxylic acids is 2. The van der Waals surface area contributed by atoms with Crippen LogP contribution in [0, 0.1) is 0 Å². The quantitative estimate of drug-likeness (QED) is 0.632. The number of rotatable bonds is 4. The van der Waals surface area contributed by atoms with Gasteiger partial charge in [0, 0.05) is 29.1 Å². The van der Waals surface area contributed by atoms with E-state index >= 15 is 0 Å². The van der Waals surface area contributed by atoms with Gasteiger partial charge in [0.2, 0.25) is 0 Å². The van der Waals surface area contributed by atoms with E-state index < -0.39 is 11.8 Å². The molecule has 1 aliphatic heterocycles. The summed E-state index contributed by atoms with van der Waals surface area (Å²) < 4.78 is 2.87. The average molecular weight is 439 g/mol. The zero-order valence-electron chi connectivity index (χ0n) is 15.1. The number of amides is 2. The molecule has 2 aromatic carbocycles. The van der Waals surface area contributed by atoms with Crippen LogP contribution in [0.2, 0.25) is 0 Å². The molecule has 0 saturated carbocycles. The fourth-order valence-corrected chi connectivity index (χ4v) is 3.77. The molecule has 7 heteroatoms. The zero-order valence-corrected chi connectivity index (χ0v) is 16.7. The summed E-state index contributed by atoms with van der Waals surface area (Å²) in [7, 11) is 0. The van der Waals surface area contributed by atoms with Gasteiger partial charge in [0.25, 0.3) is 0 Å². The number of aromatic nitrogens is 2. The minimum atomic E-state index is -0.613. The molecule has 1 saturated heterocycles. The van der Waals surface area contributed by atoms with Gasteiger partial charge in [-0.15, -0.1) is 0 Å². The van der Waals surface area contributed by atoms with Gasteiger partial charge in [0.05, 0.1) is 18.9 Å². The molecule has 0 bridgehead atoms. The third kappa shape index (κ3) is 3.84. The van der Waals surface area contributed by atoms with E-state index in [1.165, 1.54) is 0 Å². The lowest BCUT2D eigenvalue weighted by Gasteiger charge is -2.40. The highest BCUT2D eigenvalue weighted by atomic mass is 79.9. The molecule has 1 fully saturated rings. The Morgan fingerprint density at radius 1 is 1.18 bits per heavy atom. The maximum Gasteiger partial charge on any atom is 0.313 e. The van der Waals surface area contributed by atoms with Crippen LogP contribution in [-0.4, -0.2) is 32.8 Å². The Balaban J connectivity index is 1.46. The first-order valence-electron chi connectivity index (χ1n) is 9.03. The number of likely N-dealkylation sites (tertiary alicyclic amines) is 1. The second kappa shape index (κ2) is 7.98. The SMILES string of the molecule is O=C(Nc1ccccc1Cn1ccnc1)C(=O)N1CCC1c1cccc(Br)c1. The largest absolute Gasteiger partial charge is 0.333 e. The maximum absolute atomic E-state index is 12.7. The summed E-state index contributed by atoms with van der Waals surface area (Å²) in [5.41, 5.74) is 2.57. The van der Waals surface area contributed by atoms with E-state index in [4.69, 9.17) is 0 Å². The summed E-state index contributed by atoms with van der Waals surface area (Å²) in [6.45, 7) is 1.15. The highest BCUT2D eigenvalue weighted by molar-refractivity contribution is 9.10. The number of benzene rings is 2. The normalized spacial score (nSPS) is 15.8. The van der Waals surface area contributed by atoms with Gasteiger partial charge in [-0.25, -0.2) is 4.98 Å². The van der Waals surface area contributed by atoms with Gasteiger partial charge < -0.3 is 14.8 Å². The van der Waals surface area contributed by atoms with Crippen molar-refractivity contribution in [2.75, 3.05) is 11.9 Å². The summed E-state index contributed by atoms with van der Waals surface area (Å²) in [6, 6.07) is 15.3. The Labute approximate surface area is 171 Å². The molecule has 1 atom stereocenters. The number of carbonyl (C=O) groups is 2. The van der Waals surface area contributed by atoms with Crippen molar-refractivity contribution in [3.05, 3.63) is 82.9 Å². The van der Waals surface area contributed by atoms with Crippen molar-refractivity contribution in [2.45, 2.75) is 19.0 Å². The van der Waals surface area contributed by atoms with E-state index in [1.54, 1.807) is 23.5 Å². The minimum Gasteiger partial charge on any atom is -0.333 e. The molecule has 1 aromatic heterocycles. The molecule has 3 aromatic rings. The summed E-state index contributed by atoms with van der Waals surface area (Å²) in [5.74, 6) is -1.12. The first-order valence-corrected chi connectivity index (χ1v) is 9.82. The number of nitrogens with one attached hydrogen (secondary N) is 1. The van der Waals surface area contributed by atoms with Crippen molar-refractivity contribution in [3.8, 4) is 0 Å². The van der Waals surface area contributed by atoms with Crippen molar-refractivity contribution in [1.82, 2.24) is 14.5 Å². The first kappa shape index (κ1) is 18.4. The average Bonchev–Trinajstić information content (AvgIpc) is 3.15. The summed E-state index contributed by atoms with van der Waals surface area (Å²) in [6.07, 6.45) is 6.13. The van der Waals surface area contributed by atoms with E-state index in [1.807, 2.05) is 53.2 Å². The Bertz CT molecular complexity index is 1000.